The van der Waals surface area contributed by atoms with E-state index in [1.165, 1.54) is 22.0 Å². The number of H-pyrrole nitrogens is 1. The molecule has 8 heteroatoms. The van der Waals surface area contributed by atoms with E-state index in [2.05, 4.69) is 62.0 Å². The molecule has 0 spiro atoms. The van der Waals surface area contributed by atoms with Gasteiger partial charge in [0.15, 0.2) is 11.8 Å². The van der Waals surface area contributed by atoms with Crippen LogP contribution in [0, 0.1) is 6.92 Å². The molecule has 4 rings (SSSR count). The first-order valence-electron chi connectivity index (χ1n) is 10.1. The molecule has 0 fully saturated rings. The second kappa shape index (κ2) is 8.65. The summed E-state index contributed by atoms with van der Waals surface area (Å²) >= 11 is 0. The fourth-order valence-corrected chi connectivity index (χ4v) is 3.94. The van der Waals surface area contributed by atoms with Gasteiger partial charge in [-0.2, -0.15) is 5.10 Å². The Balaban J connectivity index is 1.31. The number of nitrogens with one attached hydrogen (secondary N) is 3. The van der Waals surface area contributed by atoms with Crippen molar-refractivity contribution in [3.05, 3.63) is 47.2 Å². The third kappa shape index (κ3) is 4.27. The molecule has 0 bridgehead atoms. The number of guanidine groups is 1. The lowest BCUT2D eigenvalue weighted by molar-refractivity contribution is 0.177. The predicted molar refractivity (Wildman–Crippen MR) is 114 cm³/mol. The molecule has 0 radical (unpaired) electrons. The zero-order chi connectivity index (χ0) is 20.2. The van der Waals surface area contributed by atoms with Crippen LogP contribution in [0.2, 0.25) is 0 Å². The Morgan fingerprint density at radius 1 is 1.41 bits per heavy atom. The highest BCUT2D eigenvalue weighted by atomic mass is 16.5. The van der Waals surface area contributed by atoms with Crippen LogP contribution in [0.5, 0.6) is 0 Å². The third-order valence-electron chi connectivity index (χ3n) is 5.44. The normalized spacial score (nSPS) is 16.8. The zero-order valence-corrected chi connectivity index (χ0v) is 17.3. The molecule has 3 heterocycles. The molecule has 8 nitrogen and oxygen atoms in total. The van der Waals surface area contributed by atoms with Crippen molar-refractivity contribution in [2.75, 3.05) is 20.7 Å². The number of aryl methyl sites for hydroxylation is 2. The Bertz CT molecular complexity index is 1000. The summed E-state index contributed by atoms with van der Waals surface area (Å²) in [6.07, 6.45) is 4.95. The van der Waals surface area contributed by atoms with Crippen molar-refractivity contribution in [3.63, 3.8) is 0 Å². The number of ether oxygens (including phenoxy) is 1. The van der Waals surface area contributed by atoms with Gasteiger partial charge in [0, 0.05) is 50.3 Å². The monoisotopic (exact) mass is 395 g/mol. The number of aliphatic imine (C=N–C) groups is 1. The predicted octanol–water partition coefficient (Wildman–Crippen LogP) is 1.94. The first kappa shape index (κ1) is 19.4. The van der Waals surface area contributed by atoms with Crippen LogP contribution >= 0.6 is 0 Å². The third-order valence-corrected chi connectivity index (χ3v) is 5.44. The number of hydrogen-bond acceptors (Lipinski definition) is 4. The van der Waals surface area contributed by atoms with Crippen molar-refractivity contribution < 1.29 is 4.74 Å². The maximum atomic E-state index is 5.14. The maximum Gasteiger partial charge on any atom is 0.191 e. The molecule has 1 atom stereocenters. The smallest absolute Gasteiger partial charge is 0.191 e. The lowest BCUT2D eigenvalue weighted by Crippen LogP contribution is -2.47. The van der Waals surface area contributed by atoms with E-state index in [9.17, 15) is 0 Å². The fraction of sp³-hybridized carbons (Fsp3) is 0.476. The molecule has 0 saturated heterocycles. The number of hydrogen-bond donors (Lipinski definition) is 3. The minimum absolute atomic E-state index is 0.279. The van der Waals surface area contributed by atoms with Gasteiger partial charge in [-0.3, -0.25) is 4.99 Å². The van der Waals surface area contributed by atoms with E-state index in [1.807, 2.05) is 11.7 Å². The number of benzene rings is 1. The van der Waals surface area contributed by atoms with Gasteiger partial charge in [-0.05, 0) is 30.9 Å². The summed E-state index contributed by atoms with van der Waals surface area (Å²) in [6, 6.07) is 6.70. The number of aromatic amines is 1. The first-order chi connectivity index (χ1) is 14.2. The van der Waals surface area contributed by atoms with Crippen molar-refractivity contribution in [1.82, 2.24) is 30.4 Å². The maximum absolute atomic E-state index is 5.14. The van der Waals surface area contributed by atoms with Crippen LogP contribution in [0.1, 0.15) is 29.2 Å². The van der Waals surface area contributed by atoms with Gasteiger partial charge in [0.05, 0.1) is 6.54 Å². The molecule has 29 heavy (non-hydrogen) atoms. The van der Waals surface area contributed by atoms with E-state index in [-0.39, 0.29) is 6.04 Å². The molecule has 0 amide bonds. The standard InChI is InChI=1S/C21H29N7O/c1-14-5-4-6-17-15(11-24-20(14)17)9-10-23-21(22-2)25-16-7-8-19-26-18(13-29-3)27-28(19)12-16/h4-6,11,16,24H,7-10,12-13H2,1-3H3,(H2,22,23,25). The van der Waals surface area contributed by atoms with Gasteiger partial charge in [0.25, 0.3) is 0 Å². The number of rotatable bonds is 6. The molecule has 1 aliphatic rings. The van der Waals surface area contributed by atoms with Crippen LogP contribution in [-0.4, -0.2) is 52.5 Å². The highest BCUT2D eigenvalue weighted by Gasteiger charge is 2.22. The topological polar surface area (TPSA) is 92.2 Å². The van der Waals surface area contributed by atoms with Gasteiger partial charge >= 0.3 is 0 Å². The molecule has 1 aliphatic heterocycles. The minimum Gasteiger partial charge on any atom is -0.377 e. The Labute approximate surface area is 170 Å². The van der Waals surface area contributed by atoms with E-state index in [0.717, 1.165) is 50.0 Å². The lowest BCUT2D eigenvalue weighted by Gasteiger charge is -2.25. The molecule has 0 aliphatic carbocycles. The Morgan fingerprint density at radius 2 is 2.31 bits per heavy atom. The van der Waals surface area contributed by atoms with Crippen molar-refractivity contribution >= 4 is 16.9 Å². The van der Waals surface area contributed by atoms with Crippen molar-refractivity contribution in [2.24, 2.45) is 4.99 Å². The Morgan fingerprint density at radius 3 is 3.14 bits per heavy atom. The van der Waals surface area contributed by atoms with Crippen LogP contribution in [0.4, 0.5) is 0 Å². The van der Waals surface area contributed by atoms with E-state index >= 15 is 0 Å². The lowest BCUT2D eigenvalue weighted by atomic mass is 10.1. The van der Waals surface area contributed by atoms with Gasteiger partial charge in [-0.1, -0.05) is 18.2 Å². The summed E-state index contributed by atoms with van der Waals surface area (Å²) in [5, 5.41) is 12.8. The number of fused-ring (bicyclic) bond motifs is 2. The molecule has 3 aromatic rings. The van der Waals surface area contributed by atoms with Crippen molar-refractivity contribution in [1.29, 1.82) is 0 Å². The summed E-state index contributed by atoms with van der Waals surface area (Å²) < 4.78 is 7.12. The molecule has 1 unspecified atom stereocenters. The van der Waals surface area contributed by atoms with Crippen LogP contribution < -0.4 is 10.6 Å². The second-order valence-electron chi connectivity index (χ2n) is 7.50. The number of nitrogens with zero attached hydrogens (tertiary/aromatic N) is 4. The Kier molecular flexibility index (Phi) is 5.80. The molecule has 2 aromatic heterocycles. The molecule has 0 saturated carbocycles. The number of methoxy groups -OCH3 is 1. The fourth-order valence-electron chi connectivity index (χ4n) is 3.94. The van der Waals surface area contributed by atoms with Gasteiger partial charge in [-0.25, -0.2) is 9.67 Å². The molecule has 1 aromatic carbocycles. The van der Waals surface area contributed by atoms with Crippen molar-refractivity contribution in [3.8, 4) is 0 Å². The molecule has 3 N–H and O–H groups in total. The van der Waals surface area contributed by atoms with Gasteiger partial charge in [0.2, 0.25) is 0 Å². The largest absolute Gasteiger partial charge is 0.377 e. The van der Waals surface area contributed by atoms with E-state index in [1.54, 1.807) is 7.11 Å². The first-order valence-corrected chi connectivity index (χ1v) is 10.1. The summed E-state index contributed by atoms with van der Waals surface area (Å²) in [6.45, 7) is 4.19. The van der Waals surface area contributed by atoms with Crippen LogP contribution in [0.3, 0.4) is 0 Å². The van der Waals surface area contributed by atoms with Gasteiger partial charge < -0.3 is 20.4 Å². The van der Waals surface area contributed by atoms with Crippen LogP contribution in [-0.2, 0) is 30.7 Å². The average molecular weight is 396 g/mol. The van der Waals surface area contributed by atoms with Crippen molar-refractivity contribution in [2.45, 2.75) is 45.4 Å². The van der Waals surface area contributed by atoms with Gasteiger partial charge in [-0.15, -0.1) is 0 Å². The van der Waals surface area contributed by atoms with Crippen LogP contribution in [0.25, 0.3) is 10.9 Å². The Hall–Kier alpha value is -2.87. The molecular formula is C21H29N7O. The number of para-hydroxylation sites is 1. The summed E-state index contributed by atoms with van der Waals surface area (Å²) in [7, 11) is 3.47. The van der Waals surface area contributed by atoms with Crippen LogP contribution in [0.15, 0.2) is 29.4 Å². The summed E-state index contributed by atoms with van der Waals surface area (Å²) in [5.41, 5.74) is 3.82. The highest BCUT2D eigenvalue weighted by molar-refractivity contribution is 5.86. The van der Waals surface area contributed by atoms with Gasteiger partial charge in [0.1, 0.15) is 12.4 Å². The average Bonchev–Trinajstić information content (AvgIpc) is 3.31. The van der Waals surface area contributed by atoms with E-state index in [0.29, 0.717) is 6.61 Å². The molecular weight excluding hydrogens is 366 g/mol. The second-order valence-corrected chi connectivity index (χ2v) is 7.50. The van der Waals surface area contributed by atoms with E-state index in [4.69, 9.17) is 4.74 Å². The SMILES string of the molecule is CN=C(NCCc1c[nH]c2c(C)cccc12)NC1CCc2nc(COC)nn2C1. The molecule has 154 valence electrons. The summed E-state index contributed by atoms with van der Waals surface area (Å²) in [5.74, 6) is 2.61. The van der Waals surface area contributed by atoms with E-state index < -0.39 is 0 Å². The summed E-state index contributed by atoms with van der Waals surface area (Å²) in [4.78, 5) is 12.3. The minimum atomic E-state index is 0.279. The zero-order valence-electron chi connectivity index (χ0n) is 17.3. The highest BCUT2D eigenvalue weighted by Crippen LogP contribution is 2.21. The quantitative estimate of drug-likeness (QED) is 0.438. The number of aromatic nitrogens is 4.